The first-order chi connectivity index (χ1) is 8.50. The van der Waals surface area contributed by atoms with Gasteiger partial charge in [-0.2, -0.15) is 0 Å². The summed E-state index contributed by atoms with van der Waals surface area (Å²) in [6.07, 6.45) is 1.42. The van der Waals surface area contributed by atoms with Gasteiger partial charge in [-0.15, -0.1) is 0 Å². The van der Waals surface area contributed by atoms with Crippen molar-refractivity contribution in [2.24, 2.45) is 5.92 Å². The third kappa shape index (κ3) is 3.43. The maximum absolute atomic E-state index is 11.8. The van der Waals surface area contributed by atoms with Crippen LogP contribution in [-0.4, -0.2) is 58.2 Å². The van der Waals surface area contributed by atoms with Crippen molar-refractivity contribution in [1.29, 1.82) is 0 Å². The van der Waals surface area contributed by atoms with E-state index in [-0.39, 0.29) is 35.5 Å². The Balaban J connectivity index is 1.73. The molecule has 2 aliphatic rings. The van der Waals surface area contributed by atoms with Gasteiger partial charge < -0.3 is 15.4 Å². The molecule has 3 atom stereocenters. The summed E-state index contributed by atoms with van der Waals surface area (Å²) in [6.45, 7) is 1.14. The second kappa shape index (κ2) is 5.54. The van der Waals surface area contributed by atoms with Crippen LogP contribution in [-0.2, 0) is 19.4 Å². The van der Waals surface area contributed by atoms with Crippen molar-refractivity contribution in [3.8, 4) is 0 Å². The minimum Gasteiger partial charge on any atom is -0.380 e. The fraction of sp³-hybridized carbons (Fsp3) is 0.909. The van der Waals surface area contributed by atoms with Crippen LogP contribution in [0.25, 0.3) is 0 Å². The van der Waals surface area contributed by atoms with Crippen molar-refractivity contribution in [3.05, 3.63) is 0 Å². The van der Waals surface area contributed by atoms with Crippen molar-refractivity contribution in [3.63, 3.8) is 0 Å². The summed E-state index contributed by atoms with van der Waals surface area (Å²) in [7, 11) is -1.23. The molecule has 2 saturated heterocycles. The number of hydrogen-bond acceptors (Lipinski definition) is 5. The molecular weight excluding hydrogens is 256 g/mol. The Bertz CT molecular complexity index is 409. The molecule has 0 bridgehead atoms. The van der Waals surface area contributed by atoms with E-state index >= 15 is 0 Å². The summed E-state index contributed by atoms with van der Waals surface area (Å²) in [6, 6.07) is -0.215. The highest BCUT2D eigenvalue weighted by molar-refractivity contribution is 7.91. The summed E-state index contributed by atoms with van der Waals surface area (Å²) in [4.78, 5) is 11.8. The topological polar surface area (TPSA) is 84.5 Å². The van der Waals surface area contributed by atoms with Crippen molar-refractivity contribution in [1.82, 2.24) is 10.6 Å². The van der Waals surface area contributed by atoms with Crippen LogP contribution < -0.4 is 10.6 Å². The van der Waals surface area contributed by atoms with Crippen LogP contribution in [0.1, 0.15) is 12.8 Å². The van der Waals surface area contributed by atoms with E-state index in [2.05, 4.69) is 10.6 Å². The third-order valence-electron chi connectivity index (χ3n) is 3.63. The summed E-state index contributed by atoms with van der Waals surface area (Å²) in [5, 5.41) is 5.92. The molecule has 2 heterocycles. The van der Waals surface area contributed by atoms with Crippen LogP contribution in [0.15, 0.2) is 0 Å². The molecule has 1 amide bonds. The number of rotatable bonds is 4. The maximum Gasteiger partial charge on any atom is 0.237 e. The molecule has 6 nitrogen and oxygen atoms in total. The van der Waals surface area contributed by atoms with Gasteiger partial charge in [-0.1, -0.05) is 0 Å². The van der Waals surface area contributed by atoms with E-state index in [4.69, 9.17) is 4.74 Å². The van der Waals surface area contributed by atoms with E-state index in [1.807, 2.05) is 0 Å². The molecule has 104 valence electrons. The highest BCUT2D eigenvalue weighted by atomic mass is 32.2. The highest BCUT2D eigenvalue weighted by Gasteiger charge is 2.31. The van der Waals surface area contributed by atoms with Crippen molar-refractivity contribution >= 4 is 15.7 Å². The normalized spacial score (nSPS) is 34.6. The molecule has 2 aliphatic heterocycles. The average Bonchev–Trinajstić information content (AvgIpc) is 2.92. The smallest absolute Gasteiger partial charge is 0.237 e. The van der Waals surface area contributed by atoms with E-state index in [1.54, 1.807) is 7.11 Å². The maximum atomic E-state index is 11.8. The van der Waals surface area contributed by atoms with Gasteiger partial charge in [0.2, 0.25) is 5.91 Å². The second-order valence-corrected chi connectivity index (χ2v) is 7.30. The fourth-order valence-corrected chi connectivity index (χ4v) is 4.35. The second-order valence-electron chi connectivity index (χ2n) is 5.07. The first kappa shape index (κ1) is 13.8. The van der Waals surface area contributed by atoms with Gasteiger partial charge in [0.15, 0.2) is 9.84 Å². The van der Waals surface area contributed by atoms with Gasteiger partial charge in [-0.3, -0.25) is 4.79 Å². The Morgan fingerprint density at radius 1 is 1.50 bits per heavy atom. The van der Waals surface area contributed by atoms with E-state index in [1.165, 1.54) is 0 Å². The van der Waals surface area contributed by atoms with Gasteiger partial charge in [0, 0.05) is 20.2 Å². The summed E-state index contributed by atoms with van der Waals surface area (Å²) >= 11 is 0. The lowest BCUT2D eigenvalue weighted by atomic mass is 10.1. The van der Waals surface area contributed by atoms with Crippen LogP contribution in [0, 0.1) is 5.92 Å². The number of ether oxygens (including phenoxy) is 1. The number of methoxy groups -OCH3 is 1. The molecule has 2 fully saturated rings. The van der Waals surface area contributed by atoms with Gasteiger partial charge in [0.05, 0.1) is 23.7 Å². The SMILES string of the molecule is COC1CNC(C(=O)NCC2CCS(=O)(=O)C2)C1. The summed E-state index contributed by atoms with van der Waals surface area (Å²) in [5.41, 5.74) is 0. The zero-order valence-electron chi connectivity index (χ0n) is 10.5. The molecule has 0 aliphatic carbocycles. The fourth-order valence-electron chi connectivity index (χ4n) is 2.48. The molecule has 0 aromatic heterocycles. The number of nitrogens with one attached hydrogen (secondary N) is 2. The Morgan fingerprint density at radius 3 is 2.83 bits per heavy atom. The van der Waals surface area contributed by atoms with E-state index in [0.717, 1.165) is 0 Å². The zero-order chi connectivity index (χ0) is 13.2. The molecule has 0 radical (unpaired) electrons. The molecular formula is C11H20N2O4S. The predicted octanol–water partition coefficient (Wildman–Crippen LogP) is -1.09. The number of hydrogen-bond donors (Lipinski definition) is 2. The average molecular weight is 276 g/mol. The Kier molecular flexibility index (Phi) is 4.24. The molecule has 7 heteroatoms. The van der Waals surface area contributed by atoms with Gasteiger partial charge in [-0.05, 0) is 18.8 Å². The zero-order valence-corrected chi connectivity index (χ0v) is 11.3. The number of carbonyl (C=O) groups excluding carboxylic acids is 1. The van der Waals surface area contributed by atoms with Crippen LogP contribution in [0.2, 0.25) is 0 Å². The van der Waals surface area contributed by atoms with Crippen molar-refractivity contribution < 1.29 is 17.9 Å². The summed E-state index contributed by atoms with van der Waals surface area (Å²) < 4.78 is 27.7. The number of sulfone groups is 1. The molecule has 2 N–H and O–H groups in total. The highest BCUT2D eigenvalue weighted by Crippen LogP contribution is 2.17. The molecule has 0 saturated carbocycles. The van der Waals surface area contributed by atoms with Gasteiger partial charge in [0.1, 0.15) is 0 Å². The molecule has 0 aromatic rings. The molecule has 2 rings (SSSR count). The van der Waals surface area contributed by atoms with E-state index < -0.39 is 9.84 Å². The quantitative estimate of drug-likeness (QED) is 0.682. The van der Waals surface area contributed by atoms with Crippen LogP contribution in [0.3, 0.4) is 0 Å². The first-order valence-corrected chi connectivity index (χ1v) is 8.06. The third-order valence-corrected chi connectivity index (χ3v) is 5.47. The molecule has 3 unspecified atom stereocenters. The van der Waals surface area contributed by atoms with Gasteiger partial charge >= 0.3 is 0 Å². The summed E-state index contributed by atoms with van der Waals surface area (Å²) in [5.74, 6) is 0.463. The Hall–Kier alpha value is -0.660. The largest absolute Gasteiger partial charge is 0.380 e. The van der Waals surface area contributed by atoms with Crippen LogP contribution in [0.4, 0.5) is 0 Å². The molecule has 18 heavy (non-hydrogen) atoms. The van der Waals surface area contributed by atoms with Crippen LogP contribution in [0.5, 0.6) is 0 Å². The lowest BCUT2D eigenvalue weighted by Gasteiger charge is -2.13. The standard InChI is InChI=1S/C11H20N2O4S/c1-17-9-4-10(12-6-9)11(14)13-5-8-2-3-18(15,16)7-8/h8-10,12H,2-7H2,1H3,(H,13,14). The lowest BCUT2D eigenvalue weighted by molar-refractivity contribution is -0.123. The van der Waals surface area contributed by atoms with Crippen LogP contribution >= 0.6 is 0 Å². The first-order valence-electron chi connectivity index (χ1n) is 6.24. The number of amides is 1. The van der Waals surface area contributed by atoms with Gasteiger partial charge in [0.25, 0.3) is 0 Å². The van der Waals surface area contributed by atoms with E-state index in [0.29, 0.717) is 25.9 Å². The van der Waals surface area contributed by atoms with Crippen molar-refractivity contribution in [2.75, 3.05) is 31.7 Å². The Morgan fingerprint density at radius 2 is 2.28 bits per heavy atom. The Labute approximate surface area is 107 Å². The number of carbonyl (C=O) groups is 1. The monoisotopic (exact) mass is 276 g/mol. The minimum absolute atomic E-state index is 0.0566. The molecule has 0 spiro atoms. The van der Waals surface area contributed by atoms with Gasteiger partial charge in [-0.25, -0.2) is 8.42 Å². The van der Waals surface area contributed by atoms with E-state index in [9.17, 15) is 13.2 Å². The lowest BCUT2D eigenvalue weighted by Crippen LogP contribution is -2.42. The molecule has 0 aromatic carbocycles. The van der Waals surface area contributed by atoms with Crippen molar-refractivity contribution in [2.45, 2.75) is 25.0 Å². The minimum atomic E-state index is -2.86. The predicted molar refractivity (Wildman–Crippen MR) is 67.0 cm³/mol.